The number of hydrogen-bond acceptors (Lipinski definition) is 2. The lowest BCUT2D eigenvalue weighted by molar-refractivity contribution is -0.118. The van der Waals surface area contributed by atoms with Gasteiger partial charge in [0.1, 0.15) is 0 Å². The smallest absolute Gasteiger partial charge is 0.246 e. The van der Waals surface area contributed by atoms with Gasteiger partial charge >= 0.3 is 0 Å². The minimum absolute atomic E-state index is 0.0132. The molecule has 16 heavy (non-hydrogen) atoms. The van der Waals surface area contributed by atoms with Crippen LogP contribution >= 0.6 is 0 Å². The molecular formula is C13H22N2O. The Hall–Kier alpha value is -0.830. The number of piperidine rings is 1. The number of rotatable bonds is 2. The molecule has 2 aliphatic rings. The van der Waals surface area contributed by atoms with E-state index in [0.717, 1.165) is 25.3 Å². The zero-order chi connectivity index (χ0) is 11.5. The molecule has 2 fully saturated rings. The largest absolute Gasteiger partial charge is 0.350 e. The molecule has 2 N–H and O–H groups in total. The van der Waals surface area contributed by atoms with Crippen LogP contribution in [-0.2, 0) is 4.79 Å². The van der Waals surface area contributed by atoms with Gasteiger partial charge in [0, 0.05) is 17.7 Å². The molecule has 1 saturated carbocycles. The molecule has 0 spiro atoms. The van der Waals surface area contributed by atoms with Crippen molar-refractivity contribution in [1.29, 1.82) is 0 Å². The number of nitrogens with one attached hydrogen (secondary N) is 2. The number of fused-ring (bicyclic) bond motifs is 1. The quantitative estimate of drug-likeness (QED) is 0.697. The lowest BCUT2D eigenvalue weighted by atomic mass is 9.77. The molecule has 0 aromatic heterocycles. The van der Waals surface area contributed by atoms with Crippen molar-refractivity contribution >= 4 is 5.91 Å². The second kappa shape index (κ2) is 5.00. The molecule has 3 unspecified atom stereocenters. The van der Waals surface area contributed by atoms with E-state index >= 15 is 0 Å². The molecule has 3 nitrogen and oxygen atoms in total. The summed E-state index contributed by atoms with van der Waals surface area (Å²) in [5, 5.41) is 6.65. The first-order valence-electron chi connectivity index (χ1n) is 6.36. The summed E-state index contributed by atoms with van der Waals surface area (Å²) in [6, 6.07) is 0.967. The minimum atomic E-state index is 0.0132. The summed E-state index contributed by atoms with van der Waals surface area (Å²) in [6.45, 7) is 6.58. The molecule has 0 aromatic rings. The van der Waals surface area contributed by atoms with Gasteiger partial charge in [-0.3, -0.25) is 4.79 Å². The first-order chi connectivity index (χ1) is 7.66. The van der Waals surface area contributed by atoms with Crippen LogP contribution in [0.15, 0.2) is 12.2 Å². The van der Waals surface area contributed by atoms with Gasteiger partial charge < -0.3 is 10.6 Å². The third-order valence-corrected chi connectivity index (χ3v) is 3.87. The molecule has 1 aliphatic heterocycles. The highest BCUT2D eigenvalue weighted by atomic mass is 16.1. The molecule has 90 valence electrons. The average Bonchev–Trinajstić information content (AvgIpc) is 2.28. The van der Waals surface area contributed by atoms with E-state index in [0.29, 0.717) is 17.7 Å². The molecular weight excluding hydrogens is 200 g/mol. The minimum Gasteiger partial charge on any atom is -0.350 e. The highest BCUT2D eigenvalue weighted by molar-refractivity contribution is 5.92. The van der Waals surface area contributed by atoms with Crippen LogP contribution in [-0.4, -0.2) is 24.5 Å². The third-order valence-electron chi connectivity index (χ3n) is 3.87. The van der Waals surface area contributed by atoms with Crippen molar-refractivity contribution in [1.82, 2.24) is 10.6 Å². The van der Waals surface area contributed by atoms with Crippen LogP contribution in [0, 0.1) is 5.92 Å². The summed E-state index contributed by atoms with van der Waals surface area (Å²) < 4.78 is 0. The predicted molar refractivity (Wildman–Crippen MR) is 65.1 cm³/mol. The maximum Gasteiger partial charge on any atom is 0.246 e. The highest BCUT2D eigenvalue weighted by Crippen LogP contribution is 2.30. The Balaban J connectivity index is 1.85. The zero-order valence-electron chi connectivity index (χ0n) is 10.1. The summed E-state index contributed by atoms with van der Waals surface area (Å²) in [4.78, 5) is 11.5. The van der Waals surface area contributed by atoms with E-state index in [1.807, 2.05) is 0 Å². The zero-order valence-corrected chi connectivity index (χ0v) is 10.1. The normalized spacial score (nSPS) is 33.9. The van der Waals surface area contributed by atoms with Crippen molar-refractivity contribution in [3.05, 3.63) is 12.2 Å². The molecule has 0 radical (unpaired) electrons. The van der Waals surface area contributed by atoms with Crippen LogP contribution in [0.2, 0.25) is 0 Å². The standard InChI is InChI=1S/C13H22N2O/c1-9(2)13(16)15-11-6-5-10-4-3-7-14-12(10)8-11/h10-12,14H,1,3-8H2,2H3,(H,15,16). The van der Waals surface area contributed by atoms with E-state index in [1.165, 1.54) is 19.3 Å². The number of carbonyl (C=O) groups is 1. The lowest BCUT2D eigenvalue weighted by Gasteiger charge is -2.40. The second-order valence-electron chi connectivity index (χ2n) is 5.23. The fraction of sp³-hybridized carbons (Fsp3) is 0.769. The van der Waals surface area contributed by atoms with Gasteiger partial charge in [0.25, 0.3) is 0 Å². The van der Waals surface area contributed by atoms with Crippen LogP contribution < -0.4 is 10.6 Å². The monoisotopic (exact) mass is 222 g/mol. The van der Waals surface area contributed by atoms with E-state index in [2.05, 4.69) is 17.2 Å². The third kappa shape index (κ3) is 2.64. The van der Waals surface area contributed by atoms with E-state index in [1.54, 1.807) is 6.92 Å². The van der Waals surface area contributed by atoms with Gasteiger partial charge in [-0.25, -0.2) is 0 Å². The van der Waals surface area contributed by atoms with Crippen molar-refractivity contribution in [2.45, 2.75) is 51.1 Å². The maximum atomic E-state index is 11.5. The van der Waals surface area contributed by atoms with E-state index in [-0.39, 0.29) is 5.91 Å². The van der Waals surface area contributed by atoms with Gasteiger partial charge in [-0.15, -0.1) is 0 Å². The van der Waals surface area contributed by atoms with Gasteiger partial charge in [0.15, 0.2) is 0 Å². The Kier molecular flexibility index (Phi) is 3.64. The second-order valence-corrected chi connectivity index (χ2v) is 5.23. The number of amides is 1. The Labute approximate surface area is 97.7 Å². The highest BCUT2D eigenvalue weighted by Gasteiger charge is 2.32. The molecule has 0 aromatic carbocycles. The first-order valence-corrected chi connectivity index (χ1v) is 6.36. The van der Waals surface area contributed by atoms with Gasteiger partial charge in [0.05, 0.1) is 0 Å². The fourth-order valence-corrected chi connectivity index (χ4v) is 2.92. The molecule has 2 rings (SSSR count). The van der Waals surface area contributed by atoms with Crippen LogP contribution in [0.1, 0.15) is 39.0 Å². The van der Waals surface area contributed by atoms with Gasteiger partial charge in [-0.1, -0.05) is 6.58 Å². The van der Waals surface area contributed by atoms with Crippen molar-refractivity contribution in [2.24, 2.45) is 5.92 Å². The SMILES string of the molecule is C=C(C)C(=O)NC1CCC2CCCNC2C1. The topological polar surface area (TPSA) is 41.1 Å². The Morgan fingerprint density at radius 3 is 2.94 bits per heavy atom. The van der Waals surface area contributed by atoms with E-state index in [4.69, 9.17) is 0 Å². The number of hydrogen-bond donors (Lipinski definition) is 2. The van der Waals surface area contributed by atoms with Gasteiger partial charge in [0.2, 0.25) is 5.91 Å². The average molecular weight is 222 g/mol. The van der Waals surface area contributed by atoms with Crippen LogP contribution in [0.3, 0.4) is 0 Å². The maximum absolute atomic E-state index is 11.5. The van der Waals surface area contributed by atoms with Crippen molar-refractivity contribution in [3.8, 4) is 0 Å². The van der Waals surface area contributed by atoms with Crippen molar-refractivity contribution < 1.29 is 4.79 Å². The summed E-state index contributed by atoms with van der Waals surface area (Å²) >= 11 is 0. The van der Waals surface area contributed by atoms with Gasteiger partial charge in [-0.2, -0.15) is 0 Å². The summed E-state index contributed by atoms with van der Waals surface area (Å²) in [6.07, 6.45) is 6.13. The van der Waals surface area contributed by atoms with E-state index in [9.17, 15) is 4.79 Å². The van der Waals surface area contributed by atoms with Crippen molar-refractivity contribution in [3.63, 3.8) is 0 Å². The van der Waals surface area contributed by atoms with Crippen molar-refractivity contribution in [2.75, 3.05) is 6.54 Å². The molecule has 3 heteroatoms. The van der Waals surface area contributed by atoms with Crippen LogP contribution in [0.4, 0.5) is 0 Å². The summed E-state index contributed by atoms with van der Waals surface area (Å²) in [7, 11) is 0. The Morgan fingerprint density at radius 1 is 1.38 bits per heavy atom. The van der Waals surface area contributed by atoms with E-state index < -0.39 is 0 Å². The van der Waals surface area contributed by atoms with Crippen LogP contribution in [0.25, 0.3) is 0 Å². The van der Waals surface area contributed by atoms with Gasteiger partial charge in [-0.05, 0) is 51.5 Å². The predicted octanol–water partition coefficient (Wildman–Crippen LogP) is 1.60. The molecule has 3 atom stereocenters. The lowest BCUT2D eigenvalue weighted by Crippen LogP contribution is -2.50. The first kappa shape index (κ1) is 11.6. The molecule has 1 amide bonds. The summed E-state index contributed by atoms with van der Waals surface area (Å²) in [5.74, 6) is 0.853. The molecule has 0 bridgehead atoms. The number of carbonyl (C=O) groups excluding carboxylic acids is 1. The Bertz CT molecular complexity index is 288. The molecule has 1 heterocycles. The van der Waals surface area contributed by atoms with Crippen LogP contribution in [0.5, 0.6) is 0 Å². The Morgan fingerprint density at radius 2 is 2.19 bits per heavy atom. The fourth-order valence-electron chi connectivity index (χ4n) is 2.92. The molecule has 1 saturated heterocycles. The molecule has 1 aliphatic carbocycles. The summed E-state index contributed by atoms with van der Waals surface area (Å²) in [5.41, 5.74) is 0.610.